The van der Waals surface area contributed by atoms with Crippen LogP contribution < -0.4 is 0 Å². The maximum Gasteiger partial charge on any atom is 0.223 e. The lowest BCUT2D eigenvalue weighted by molar-refractivity contribution is -0.137. The van der Waals surface area contributed by atoms with Crippen LogP contribution >= 0.6 is 0 Å². The van der Waals surface area contributed by atoms with Crippen molar-refractivity contribution in [1.82, 2.24) is 9.88 Å². The molecular weight excluding hydrogens is 360 g/mol. The summed E-state index contributed by atoms with van der Waals surface area (Å²) in [5.41, 5.74) is 3.39. The van der Waals surface area contributed by atoms with Gasteiger partial charge >= 0.3 is 0 Å². The third-order valence-corrected chi connectivity index (χ3v) is 7.10. The van der Waals surface area contributed by atoms with Crippen molar-refractivity contribution < 1.29 is 9.21 Å². The summed E-state index contributed by atoms with van der Waals surface area (Å²) in [6, 6.07) is 10.6. The Balaban J connectivity index is 1.40. The number of aromatic nitrogens is 1. The van der Waals surface area contributed by atoms with Crippen molar-refractivity contribution in [3.8, 4) is 11.3 Å². The minimum absolute atomic E-state index is 0.163. The van der Waals surface area contributed by atoms with Crippen molar-refractivity contribution in [3.63, 3.8) is 0 Å². The molecule has 4 heteroatoms. The normalized spacial score (nSPS) is 23.1. The number of aromatic amines is 1. The Labute approximate surface area is 172 Å². The minimum Gasteiger partial charge on any atom is -0.464 e. The summed E-state index contributed by atoms with van der Waals surface area (Å²) in [5, 5.41) is 1.18. The highest BCUT2D eigenvalue weighted by Gasteiger charge is 2.36. The maximum absolute atomic E-state index is 13.3. The summed E-state index contributed by atoms with van der Waals surface area (Å²) >= 11 is 0. The van der Waals surface area contributed by atoms with Gasteiger partial charge < -0.3 is 14.3 Å². The number of hydrogen-bond donors (Lipinski definition) is 1. The number of carbonyl (C=O) groups is 1. The van der Waals surface area contributed by atoms with Gasteiger partial charge in [0.15, 0.2) is 0 Å². The third kappa shape index (κ3) is 3.39. The lowest BCUT2D eigenvalue weighted by atomic mass is 9.78. The molecule has 3 aromatic rings. The molecule has 1 aliphatic carbocycles. The molecule has 2 fully saturated rings. The van der Waals surface area contributed by atoms with Crippen LogP contribution in [0.3, 0.4) is 0 Å². The second kappa shape index (κ2) is 7.74. The van der Waals surface area contributed by atoms with Gasteiger partial charge in [0.25, 0.3) is 0 Å². The Hall–Kier alpha value is -2.49. The van der Waals surface area contributed by atoms with Crippen LogP contribution in [-0.4, -0.2) is 28.4 Å². The zero-order chi connectivity index (χ0) is 19.8. The van der Waals surface area contributed by atoms with Gasteiger partial charge in [-0.1, -0.05) is 31.9 Å². The van der Waals surface area contributed by atoms with Crippen LogP contribution in [0.5, 0.6) is 0 Å². The number of amides is 1. The van der Waals surface area contributed by atoms with Crippen molar-refractivity contribution in [2.75, 3.05) is 6.54 Å². The number of piperidine rings is 1. The van der Waals surface area contributed by atoms with Crippen LogP contribution in [0.15, 0.2) is 47.2 Å². The molecule has 0 spiro atoms. The van der Waals surface area contributed by atoms with Crippen LogP contribution in [0.25, 0.3) is 22.2 Å². The Morgan fingerprint density at radius 3 is 2.90 bits per heavy atom. The smallest absolute Gasteiger partial charge is 0.223 e. The molecule has 3 heterocycles. The standard InChI is InChI=1S/C25H30N2O2/c1-17(15-24(28)27-13-5-8-18-7-2-3-11-22(18)27)20-16-26-21-10-4-9-19(25(20)21)23-12-6-14-29-23/h4,6,9-10,12,14,16-18,22,26H,2-3,5,7-8,11,13,15H2,1H3. The van der Waals surface area contributed by atoms with E-state index in [1.807, 2.05) is 18.2 Å². The van der Waals surface area contributed by atoms with E-state index in [0.29, 0.717) is 18.4 Å². The topological polar surface area (TPSA) is 49.2 Å². The van der Waals surface area contributed by atoms with Crippen LogP contribution in [0.1, 0.15) is 63.4 Å². The SMILES string of the molecule is CC(CC(=O)N1CCCC2CCCCC21)c1c[nH]c2cccc(-c3ccco3)c12. The van der Waals surface area contributed by atoms with Gasteiger partial charge in [0, 0.05) is 41.7 Å². The van der Waals surface area contributed by atoms with Gasteiger partial charge in [-0.3, -0.25) is 4.79 Å². The largest absolute Gasteiger partial charge is 0.464 e. The van der Waals surface area contributed by atoms with E-state index in [1.165, 1.54) is 43.1 Å². The van der Waals surface area contributed by atoms with Gasteiger partial charge in [-0.05, 0) is 61.3 Å². The van der Waals surface area contributed by atoms with Crippen molar-refractivity contribution >= 4 is 16.8 Å². The van der Waals surface area contributed by atoms with Crippen LogP contribution in [0.2, 0.25) is 0 Å². The fourth-order valence-corrected chi connectivity index (χ4v) is 5.66. The van der Waals surface area contributed by atoms with E-state index in [4.69, 9.17) is 4.42 Å². The first-order chi connectivity index (χ1) is 14.2. The predicted octanol–water partition coefficient (Wildman–Crippen LogP) is 6.10. The van der Waals surface area contributed by atoms with Gasteiger partial charge in [0.2, 0.25) is 5.91 Å². The fourth-order valence-electron chi connectivity index (χ4n) is 5.66. The second-order valence-corrected chi connectivity index (χ2v) is 8.90. The molecular formula is C25H30N2O2. The van der Waals surface area contributed by atoms with E-state index in [2.05, 4.69) is 35.1 Å². The Morgan fingerprint density at radius 2 is 2.03 bits per heavy atom. The first-order valence-electron chi connectivity index (χ1n) is 11.2. The lowest BCUT2D eigenvalue weighted by Crippen LogP contribution is -2.49. The molecule has 2 aromatic heterocycles. The molecule has 3 unspecified atom stereocenters. The lowest BCUT2D eigenvalue weighted by Gasteiger charge is -2.44. The van der Waals surface area contributed by atoms with Gasteiger partial charge in [-0.15, -0.1) is 0 Å². The summed E-state index contributed by atoms with van der Waals surface area (Å²) < 4.78 is 5.68. The average molecular weight is 391 g/mol. The molecule has 1 saturated heterocycles. The molecule has 1 amide bonds. The number of nitrogens with one attached hydrogen (secondary N) is 1. The summed E-state index contributed by atoms with van der Waals surface area (Å²) in [4.78, 5) is 18.9. The van der Waals surface area contributed by atoms with E-state index >= 15 is 0 Å². The Morgan fingerprint density at radius 1 is 1.17 bits per heavy atom. The molecule has 1 aliphatic heterocycles. The molecule has 3 atom stereocenters. The number of carbonyl (C=O) groups excluding carboxylic acids is 1. The first kappa shape index (κ1) is 18.5. The van der Waals surface area contributed by atoms with Gasteiger partial charge in [-0.2, -0.15) is 0 Å². The van der Waals surface area contributed by atoms with Crippen LogP contribution in [-0.2, 0) is 4.79 Å². The van der Waals surface area contributed by atoms with Crippen molar-refractivity contribution in [2.45, 2.75) is 63.8 Å². The monoisotopic (exact) mass is 390 g/mol. The molecule has 4 nitrogen and oxygen atoms in total. The highest BCUT2D eigenvalue weighted by molar-refractivity contribution is 5.97. The zero-order valence-electron chi connectivity index (χ0n) is 17.2. The number of rotatable bonds is 4. The summed E-state index contributed by atoms with van der Waals surface area (Å²) in [5.74, 6) is 2.10. The second-order valence-electron chi connectivity index (χ2n) is 8.90. The van der Waals surface area contributed by atoms with Gasteiger partial charge in [0.05, 0.1) is 6.26 Å². The minimum atomic E-state index is 0.163. The average Bonchev–Trinajstić information content (AvgIpc) is 3.43. The van der Waals surface area contributed by atoms with E-state index < -0.39 is 0 Å². The molecule has 0 bridgehead atoms. The molecule has 2 aliphatic rings. The molecule has 5 rings (SSSR count). The quantitative estimate of drug-likeness (QED) is 0.585. The highest BCUT2D eigenvalue weighted by atomic mass is 16.3. The van der Waals surface area contributed by atoms with Crippen LogP contribution in [0, 0.1) is 5.92 Å². The molecule has 1 N–H and O–H groups in total. The van der Waals surface area contributed by atoms with Gasteiger partial charge in [0.1, 0.15) is 5.76 Å². The number of H-pyrrole nitrogens is 1. The highest BCUT2D eigenvalue weighted by Crippen LogP contribution is 2.38. The molecule has 1 aromatic carbocycles. The van der Waals surface area contributed by atoms with E-state index in [9.17, 15) is 4.79 Å². The number of likely N-dealkylation sites (tertiary alicyclic amines) is 1. The molecule has 29 heavy (non-hydrogen) atoms. The molecule has 0 radical (unpaired) electrons. The number of benzene rings is 1. The van der Waals surface area contributed by atoms with E-state index in [-0.39, 0.29) is 5.92 Å². The molecule has 152 valence electrons. The predicted molar refractivity (Wildman–Crippen MR) is 116 cm³/mol. The van der Waals surface area contributed by atoms with Crippen LogP contribution in [0.4, 0.5) is 0 Å². The van der Waals surface area contributed by atoms with Crippen molar-refractivity contribution in [1.29, 1.82) is 0 Å². The zero-order valence-corrected chi connectivity index (χ0v) is 17.2. The number of hydrogen-bond acceptors (Lipinski definition) is 2. The maximum atomic E-state index is 13.3. The Kier molecular flexibility index (Phi) is 4.94. The van der Waals surface area contributed by atoms with Crippen molar-refractivity contribution in [3.05, 3.63) is 48.4 Å². The summed E-state index contributed by atoms with van der Waals surface area (Å²) in [7, 11) is 0. The summed E-state index contributed by atoms with van der Waals surface area (Å²) in [6.07, 6.45) is 11.9. The van der Waals surface area contributed by atoms with E-state index in [1.54, 1.807) is 6.26 Å². The summed E-state index contributed by atoms with van der Waals surface area (Å²) in [6.45, 7) is 3.12. The Bertz CT molecular complexity index is 986. The van der Waals surface area contributed by atoms with Gasteiger partial charge in [-0.25, -0.2) is 0 Å². The van der Waals surface area contributed by atoms with E-state index in [0.717, 1.165) is 35.7 Å². The number of fused-ring (bicyclic) bond motifs is 2. The van der Waals surface area contributed by atoms with Crippen molar-refractivity contribution in [2.24, 2.45) is 5.92 Å². The first-order valence-corrected chi connectivity index (χ1v) is 11.2. The fraction of sp³-hybridized carbons (Fsp3) is 0.480. The molecule has 1 saturated carbocycles. The third-order valence-electron chi connectivity index (χ3n) is 7.10. The number of furan rings is 1. The number of nitrogens with zero attached hydrogens (tertiary/aromatic N) is 1.